The highest BCUT2D eigenvalue weighted by Crippen LogP contribution is 2.24. The van der Waals surface area contributed by atoms with Crippen molar-refractivity contribution >= 4 is 0 Å². The van der Waals surface area contributed by atoms with Crippen LogP contribution in [0.4, 0.5) is 8.78 Å². The minimum absolute atomic E-state index is 0.100. The van der Waals surface area contributed by atoms with Crippen LogP contribution >= 0.6 is 0 Å². The minimum atomic E-state index is -0.336. The summed E-state index contributed by atoms with van der Waals surface area (Å²) in [5.41, 5.74) is 0.793. The second-order valence-electron chi connectivity index (χ2n) is 4.46. The normalized spacial score (nSPS) is 12.8. The number of unbranched alkanes of at least 4 members (excludes halogenated alkanes) is 2. The summed E-state index contributed by atoms with van der Waals surface area (Å²) in [5.74, 6) is -0.656. The van der Waals surface area contributed by atoms with Crippen LogP contribution in [-0.2, 0) is 0 Å². The molecule has 3 heteroatoms. The molecule has 1 atom stereocenters. The number of aryl methyl sites for hydroxylation is 1. The van der Waals surface area contributed by atoms with Crippen LogP contribution in [0, 0.1) is 18.6 Å². The Morgan fingerprint density at radius 1 is 1.18 bits per heavy atom. The van der Waals surface area contributed by atoms with Crippen LogP contribution in [0.2, 0.25) is 0 Å². The standard InChI is InChI=1S/C14H21F2N/c1-4-5-6-7-14(17-3)11-9-12(15)10(2)8-13(11)16/h8-9,14,17H,4-7H2,1-3H3. The van der Waals surface area contributed by atoms with Gasteiger partial charge in [0, 0.05) is 11.6 Å². The molecule has 96 valence electrons. The van der Waals surface area contributed by atoms with Gasteiger partial charge in [0.15, 0.2) is 0 Å². The Bertz CT molecular complexity index is 363. The second kappa shape index (κ2) is 6.70. The largest absolute Gasteiger partial charge is 0.313 e. The average Bonchev–Trinajstić information content (AvgIpc) is 2.30. The molecule has 1 nitrogen and oxygen atoms in total. The Hall–Kier alpha value is -0.960. The van der Waals surface area contributed by atoms with Gasteiger partial charge in [0.1, 0.15) is 11.6 Å². The Balaban J connectivity index is 2.84. The zero-order valence-corrected chi connectivity index (χ0v) is 10.8. The van der Waals surface area contributed by atoms with Crippen molar-refractivity contribution in [1.29, 1.82) is 0 Å². The van der Waals surface area contributed by atoms with Crippen LogP contribution in [0.1, 0.15) is 49.8 Å². The molecule has 0 bridgehead atoms. The maximum Gasteiger partial charge on any atom is 0.128 e. The van der Waals surface area contributed by atoms with E-state index in [1.165, 1.54) is 12.1 Å². The topological polar surface area (TPSA) is 12.0 Å². The van der Waals surface area contributed by atoms with Crippen LogP contribution in [-0.4, -0.2) is 7.05 Å². The maximum atomic E-state index is 13.8. The van der Waals surface area contributed by atoms with Gasteiger partial charge in [-0.15, -0.1) is 0 Å². The van der Waals surface area contributed by atoms with Gasteiger partial charge < -0.3 is 5.32 Å². The van der Waals surface area contributed by atoms with Gasteiger partial charge in [-0.25, -0.2) is 8.78 Å². The Morgan fingerprint density at radius 3 is 2.47 bits per heavy atom. The maximum absolute atomic E-state index is 13.8. The van der Waals surface area contributed by atoms with E-state index in [0.717, 1.165) is 25.7 Å². The van der Waals surface area contributed by atoms with Gasteiger partial charge in [0.25, 0.3) is 0 Å². The fourth-order valence-electron chi connectivity index (χ4n) is 1.98. The van der Waals surface area contributed by atoms with Gasteiger partial charge in [0.2, 0.25) is 0 Å². The number of halogens is 2. The molecular weight excluding hydrogens is 220 g/mol. The molecule has 17 heavy (non-hydrogen) atoms. The quantitative estimate of drug-likeness (QED) is 0.739. The van der Waals surface area contributed by atoms with E-state index in [1.54, 1.807) is 14.0 Å². The van der Waals surface area contributed by atoms with Crippen LogP contribution in [0.25, 0.3) is 0 Å². The van der Waals surface area contributed by atoms with Crippen molar-refractivity contribution < 1.29 is 8.78 Å². The fraction of sp³-hybridized carbons (Fsp3) is 0.571. The molecular formula is C14H21F2N. The lowest BCUT2D eigenvalue weighted by Gasteiger charge is -2.18. The number of hydrogen-bond donors (Lipinski definition) is 1. The van der Waals surface area contributed by atoms with Crippen molar-refractivity contribution in [2.24, 2.45) is 0 Å². The highest BCUT2D eigenvalue weighted by atomic mass is 19.1. The zero-order valence-electron chi connectivity index (χ0n) is 10.8. The van der Waals surface area contributed by atoms with Crippen molar-refractivity contribution in [1.82, 2.24) is 5.32 Å². The van der Waals surface area contributed by atoms with E-state index in [9.17, 15) is 8.78 Å². The molecule has 0 aliphatic heterocycles. The van der Waals surface area contributed by atoms with Gasteiger partial charge in [-0.1, -0.05) is 26.2 Å². The predicted octanol–water partition coefficient (Wildman–Crippen LogP) is 4.11. The summed E-state index contributed by atoms with van der Waals surface area (Å²) in [6.07, 6.45) is 4.11. The van der Waals surface area contributed by atoms with E-state index < -0.39 is 0 Å². The lowest BCUT2D eigenvalue weighted by Crippen LogP contribution is -2.18. The van der Waals surface area contributed by atoms with Crippen LogP contribution in [0.3, 0.4) is 0 Å². The molecule has 0 fully saturated rings. The molecule has 0 aliphatic rings. The SMILES string of the molecule is CCCCCC(NC)c1cc(F)c(C)cc1F. The summed E-state index contributed by atoms with van der Waals surface area (Å²) in [4.78, 5) is 0. The van der Waals surface area contributed by atoms with E-state index in [2.05, 4.69) is 12.2 Å². The van der Waals surface area contributed by atoms with E-state index in [0.29, 0.717) is 11.1 Å². The first-order valence-electron chi connectivity index (χ1n) is 6.23. The smallest absolute Gasteiger partial charge is 0.128 e. The predicted molar refractivity (Wildman–Crippen MR) is 67.0 cm³/mol. The van der Waals surface area contributed by atoms with Gasteiger partial charge in [-0.05, 0) is 38.1 Å². The second-order valence-corrected chi connectivity index (χ2v) is 4.46. The molecule has 0 radical (unpaired) electrons. The lowest BCUT2D eigenvalue weighted by molar-refractivity contribution is 0.478. The molecule has 1 N–H and O–H groups in total. The number of nitrogens with one attached hydrogen (secondary N) is 1. The van der Waals surface area contributed by atoms with Gasteiger partial charge in [-0.2, -0.15) is 0 Å². The Kier molecular flexibility index (Phi) is 5.56. The van der Waals surface area contributed by atoms with Crippen molar-refractivity contribution in [3.63, 3.8) is 0 Å². The number of benzene rings is 1. The molecule has 0 heterocycles. The number of hydrogen-bond acceptors (Lipinski definition) is 1. The molecule has 0 amide bonds. The molecule has 0 saturated carbocycles. The Labute approximate surface area is 102 Å². The van der Waals surface area contributed by atoms with Gasteiger partial charge in [0.05, 0.1) is 0 Å². The van der Waals surface area contributed by atoms with Crippen LogP contribution in [0.5, 0.6) is 0 Å². The van der Waals surface area contributed by atoms with E-state index in [4.69, 9.17) is 0 Å². The summed E-state index contributed by atoms with van der Waals surface area (Å²) in [5, 5.41) is 3.06. The lowest BCUT2D eigenvalue weighted by atomic mass is 9.98. The molecule has 1 aromatic carbocycles. The first-order valence-corrected chi connectivity index (χ1v) is 6.23. The highest BCUT2D eigenvalue weighted by Gasteiger charge is 2.15. The number of rotatable bonds is 6. The monoisotopic (exact) mass is 241 g/mol. The third-order valence-electron chi connectivity index (χ3n) is 3.10. The Morgan fingerprint density at radius 2 is 1.88 bits per heavy atom. The van der Waals surface area contributed by atoms with E-state index in [-0.39, 0.29) is 17.7 Å². The van der Waals surface area contributed by atoms with Crippen LogP contribution < -0.4 is 5.32 Å². The average molecular weight is 241 g/mol. The van der Waals surface area contributed by atoms with E-state index in [1.807, 2.05) is 0 Å². The molecule has 1 aromatic rings. The summed E-state index contributed by atoms with van der Waals surface area (Å²) >= 11 is 0. The highest BCUT2D eigenvalue weighted by molar-refractivity contribution is 5.27. The molecule has 0 aromatic heterocycles. The molecule has 1 unspecified atom stereocenters. The first-order chi connectivity index (χ1) is 8.10. The third-order valence-corrected chi connectivity index (χ3v) is 3.10. The molecule has 0 spiro atoms. The van der Waals surface area contributed by atoms with Gasteiger partial charge >= 0.3 is 0 Å². The summed E-state index contributed by atoms with van der Waals surface area (Å²) in [7, 11) is 1.79. The van der Waals surface area contributed by atoms with Crippen molar-refractivity contribution in [2.45, 2.75) is 45.6 Å². The minimum Gasteiger partial charge on any atom is -0.313 e. The van der Waals surface area contributed by atoms with Crippen molar-refractivity contribution in [3.05, 3.63) is 34.9 Å². The summed E-state index contributed by atoms with van der Waals surface area (Å²) < 4.78 is 27.2. The van der Waals surface area contributed by atoms with Crippen LogP contribution in [0.15, 0.2) is 12.1 Å². The fourth-order valence-corrected chi connectivity index (χ4v) is 1.98. The summed E-state index contributed by atoms with van der Waals surface area (Å²) in [6, 6.07) is 2.49. The third kappa shape index (κ3) is 3.77. The molecule has 1 rings (SSSR count). The molecule has 0 aliphatic carbocycles. The first kappa shape index (κ1) is 14.1. The van der Waals surface area contributed by atoms with E-state index >= 15 is 0 Å². The van der Waals surface area contributed by atoms with Gasteiger partial charge in [-0.3, -0.25) is 0 Å². The van der Waals surface area contributed by atoms with Crippen molar-refractivity contribution in [2.75, 3.05) is 7.05 Å². The molecule has 0 saturated heterocycles. The summed E-state index contributed by atoms with van der Waals surface area (Å²) in [6.45, 7) is 3.70. The van der Waals surface area contributed by atoms with Crippen molar-refractivity contribution in [3.8, 4) is 0 Å². The zero-order chi connectivity index (χ0) is 12.8.